The van der Waals surface area contributed by atoms with E-state index < -0.39 is 0 Å². The van der Waals surface area contributed by atoms with Crippen molar-refractivity contribution in [2.45, 2.75) is 40.5 Å². The van der Waals surface area contributed by atoms with Crippen molar-refractivity contribution in [2.24, 2.45) is 0 Å². The molecule has 26 heavy (non-hydrogen) atoms. The third-order valence-electron chi connectivity index (χ3n) is 4.13. The lowest BCUT2D eigenvalue weighted by molar-refractivity contribution is 0.0918. The van der Waals surface area contributed by atoms with Gasteiger partial charge in [0.15, 0.2) is 5.76 Å². The van der Waals surface area contributed by atoms with Crippen LogP contribution in [0.1, 0.15) is 40.1 Å². The van der Waals surface area contributed by atoms with Crippen LogP contribution in [0, 0.1) is 13.8 Å². The highest BCUT2D eigenvalue weighted by molar-refractivity contribution is 5.91. The summed E-state index contributed by atoms with van der Waals surface area (Å²) in [5.41, 5.74) is 3.15. The summed E-state index contributed by atoms with van der Waals surface area (Å²) in [4.78, 5) is 12.3. The van der Waals surface area contributed by atoms with E-state index in [4.69, 9.17) is 9.15 Å². The van der Waals surface area contributed by atoms with Gasteiger partial charge in [-0.2, -0.15) is 5.10 Å². The SMILES string of the molecule is CCn1nccc1CNC(=O)c1ccc(COc2cc(C)ccc2C)o1. The van der Waals surface area contributed by atoms with Gasteiger partial charge < -0.3 is 14.5 Å². The standard InChI is InChI=1S/C20H23N3O3/c1-4-23-16(9-10-22-23)12-21-20(24)18-8-7-17(26-18)13-25-19-11-14(2)5-6-15(19)3/h5-11H,4,12-13H2,1-3H3,(H,21,24). The van der Waals surface area contributed by atoms with Gasteiger partial charge in [-0.15, -0.1) is 0 Å². The molecular weight excluding hydrogens is 330 g/mol. The van der Waals surface area contributed by atoms with Crippen LogP contribution in [-0.2, 0) is 19.7 Å². The summed E-state index contributed by atoms with van der Waals surface area (Å²) in [6.45, 7) is 7.47. The molecule has 0 aliphatic heterocycles. The molecule has 1 amide bonds. The maximum absolute atomic E-state index is 12.3. The fraction of sp³-hybridized carbons (Fsp3) is 0.300. The van der Waals surface area contributed by atoms with E-state index in [1.165, 1.54) is 0 Å². The van der Waals surface area contributed by atoms with Crippen molar-refractivity contribution in [2.75, 3.05) is 0 Å². The van der Waals surface area contributed by atoms with Crippen molar-refractivity contribution >= 4 is 5.91 Å². The Morgan fingerprint density at radius 2 is 2.08 bits per heavy atom. The summed E-state index contributed by atoms with van der Waals surface area (Å²) in [5.74, 6) is 1.44. The first kappa shape index (κ1) is 17.8. The van der Waals surface area contributed by atoms with Crippen molar-refractivity contribution in [1.82, 2.24) is 15.1 Å². The normalized spacial score (nSPS) is 10.7. The predicted octanol–water partition coefficient (Wildman–Crippen LogP) is 3.62. The molecule has 0 aliphatic rings. The van der Waals surface area contributed by atoms with E-state index in [0.29, 0.717) is 12.3 Å². The fourth-order valence-electron chi connectivity index (χ4n) is 2.64. The zero-order valence-corrected chi connectivity index (χ0v) is 15.3. The molecule has 6 heteroatoms. The molecule has 1 aromatic carbocycles. The summed E-state index contributed by atoms with van der Waals surface area (Å²) in [6, 6.07) is 11.4. The van der Waals surface area contributed by atoms with Crippen LogP contribution in [0.5, 0.6) is 5.75 Å². The first-order valence-electron chi connectivity index (χ1n) is 8.64. The van der Waals surface area contributed by atoms with Crippen molar-refractivity contribution < 1.29 is 13.9 Å². The number of carbonyl (C=O) groups is 1. The minimum absolute atomic E-state index is 0.258. The maximum Gasteiger partial charge on any atom is 0.287 e. The lowest BCUT2D eigenvalue weighted by Crippen LogP contribution is -2.24. The quantitative estimate of drug-likeness (QED) is 0.704. The summed E-state index contributed by atoms with van der Waals surface area (Å²) in [6.07, 6.45) is 1.72. The average molecular weight is 353 g/mol. The van der Waals surface area contributed by atoms with Crippen LogP contribution in [-0.4, -0.2) is 15.7 Å². The number of aryl methyl sites for hydroxylation is 3. The average Bonchev–Trinajstić information content (AvgIpc) is 3.29. The number of nitrogens with zero attached hydrogens (tertiary/aromatic N) is 2. The molecular formula is C20H23N3O3. The molecule has 0 aliphatic carbocycles. The number of aromatic nitrogens is 2. The van der Waals surface area contributed by atoms with Gasteiger partial charge in [0.2, 0.25) is 0 Å². The van der Waals surface area contributed by atoms with Gasteiger partial charge in [-0.3, -0.25) is 9.48 Å². The van der Waals surface area contributed by atoms with Gasteiger partial charge in [0.25, 0.3) is 5.91 Å². The Morgan fingerprint density at radius 1 is 1.23 bits per heavy atom. The molecule has 0 spiro atoms. The Morgan fingerprint density at radius 3 is 2.88 bits per heavy atom. The van der Waals surface area contributed by atoms with Gasteiger partial charge in [0.05, 0.1) is 12.2 Å². The molecule has 2 heterocycles. The number of rotatable bonds is 7. The second kappa shape index (κ2) is 7.91. The Kier molecular flexibility index (Phi) is 5.41. The van der Waals surface area contributed by atoms with Crippen LogP contribution in [0.4, 0.5) is 0 Å². The molecule has 0 unspecified atom stereocenters. The van der Waals surface area contributed by atoms with Crippen LogP contribution >= 0.6 is 0 Å². The van der Waals surface area contributed by atoms with Crippen LogP contribution in [0.2, 0.25) is 0 Å². The predicted molar refractivity (Wildman–Crippen MR) is 98.0 cm³/mol. The summed E-state index contributed by atoms with van der Waals surface area (Å²) >= 11 is 0. The fourth-order valence-corrected chi connectivity index (χ4v) is 2.64. The number of carbonyl (C=O) groups excluding carboxylic acids is 1. The third-order valence-corrected chi connectivity index (χ3v) is 4.13. The Labute approximate surface area is 152 Å². The summed E-state index contributed by atoms with van der Waals surface area (Å²) in [5, 5.41) is 7.03. The summed E-state index contributed by atoms with van der Waals surface area (Å²) in [7, 11) is 0. The first-order chi connectivity index (χ1) is 12.6. The second-order valence-electron chi connectivity index (χ2n) is 6.14. The smallest absolute Gasteiger partial charge is 0.287 e. The first-order valence-corrected chi connectivity index (χ1v) is 8.64. The van der Waals surface area contributed by atoms with Gasteiger partial charge in [0, 0.05) is 12.7 Å². The van der Waals surface area contributed by atoms with Gasteiger partial charge in [-0.1, -0.05) is 12.1 Å². The minimum Gasteiger partial charge on any atom is -0.485 e. The number of benzene rings is 1. The van der Waals surface area contributed by atoms with Crippen LogP contribution < -0.4 is 10.1 Å². The number of hydrogen-bond donors (Lipinski definition) is 1. The third kappa shape index (κ3) is 4.14. The molecule has 136 valence electrons. The zero-order chi connectivity index (χ0) is 18.5. The van der Waals surface area contributed by atoms with Crippen molar-refractivity contribution in [3.63, 3.8) is 0 Å². The van der Waals surface area contributed by atoms with Crippen LogP contribution in [0.15, 0.2) is 47.0 Å². The largest absolute Gasteiger partial charge is 0.485 e. The molecule has 0 atom stereocenters. The van der Waals surface area contributed by atoms with Crippen molar-refractivity contribution in [3.8, 4) is 5.75 Å². The monoisotopic (exact) mass is 353 g/mol. The highest BCUT2D eigenvalue weighted by Gasteiger charge is 2.12. The van der Waals surface area contributed by atoms with Gasteiger partial charge in [0.1, 0.15) is 18.1 Å². The summed E-state index contributed by atoms with van der Waals surface area (Å²) < 4.78 is 13.3. The van der Waals surface area contributed by atoms with Crippen LogP contribution in [0.3, 0.4) is 0 Å². The molecule has 3 aromatic rings. The molecule has 2 aromatic heterocycles. The second-order valence-corrected chi connectivity index (χ2v) is 6.14. The van der Waals surface area contributed by atoms with Gasteiger partial charge >= 0.3 is 0 Å². The highest BCUT2D eigenvalue weighted by atomic mass is 16.5. The van der Waals surface area contributed by atoms with E-state index >= 15 is 0 Å². The van der Waals surface area contributed by atoms with Crippen LogP contribution in [0.25, 0.3) is 0 Å². The molecule has 0 fully saturated rings. The number of amides is 1. The van der Waals surface area contributed by atoms with E-state index in [0.717, 1.165) is 29.1 Å². The number of furan rings is 1. The minimum atomic E-state index is -0.258. The van der Waals surface area contributed by atoms with Gasteiger partial charge in [-0.05, 0) is 56.2 Å². The lowest BCUT2D eigenvalue weighted by Gasteiger charge is -2.08. The molecule has 6 nitrogen and oxygen atoms in total. The molecule has 0 bridgehead atoms. The number of nitrogens with one attached hydrogen (secondary N) is 1. The highest BCUT2D eigenvalue weighted by Crippen LogP contribution is 2.21. The van der Waals surface area contributed by atoms with Crippen molar-refractivity contribution in [3.05, 3.63) is 70.9 Å². The lowest BCUT2D eigenvalue weighted by atomic mass is 10.1. The molecule has 0 saturated heterocycles. The number of hydrogen-bond acceptors (Lipinski definition) is 4. The van der Waals surface area contributed by atoms with Crippen molar-refractivity contribution in [1.29, 1.82) is 0 Å². The van der Waals surface area contributed by atoms with E-state index in [-0.39, 0.29) is 18.3 Å². The Bertz CT molecular complexity index is 895. The van der Waals surface area contributed by atoms with E-state index in [9.17, 15) is 4.79 Å². The molecule has 1 N–H and O–H groups in total. The van der Waals surface area contributed by atoms with Gasteiger partial charge in [-0.25, -0.2) is 0 Å². The van der Waals surface area contributed by atoms with E-state index in [1.807, 2.05) is 49.7 Å². The van der Waals surface area contributed by atoms with E-state index in [1.54, 1.807) is 18.3 Å². The molecule has 0 saturated carbocycles. The zero-order valence-electron chi connectivity index (χ0n) is 15.3. The maximum atomic E-state index is 12.3. The number of ether oxygens (including phenoxy) is 1. The Balaban J connectivity index is 1.57. The Hall–Kier alpha value is -3.02. The van der Waals surface area contributed by atoms with E-state index in [2.05, 4.69) is 10.4 Å². The topological polar surface area (TPSA) is 69.3 Å². The molecule has 3 rings (SSSR count). The molecule has 0 radical (unpaired) electrons.